The van der Waals surface area contributed by atoms with Gasteiger partial charge in [0.05, 0.1) is 11.0 Å². The Bertz CT molecular complexity index is 558. The molecule has 0 bridgehead atoms. The van der Waals surface area contributed by atoms with Gasteiger partial charge in [0.15, 0.2) is 0 Å². The van der Waals surface area contributed by atoms with Gasteiger partial charge in [0.2, 0.25) is 5.82 Å². The van der Waals surface area contributed by atoms with E-state index in [1.807, 2.05) is 37.3 Å². The molecule has 0 fully saturated rings. The third-order valence-electron chi connectivity index (χ3n) is 2.90. The fourth-order valence-electron chi connectivity index (χ4n) is 1.93. The standard InChI is InChI=1S/C14H15N3O2/c1-2-12(11-7-4-3-5-8-11)16-14-13(17(18)19)9-6-10-15-14/h3-10,12H,2H2,1H3,(H,15,16). The van der Waals surface area contributed by atoms with E-state index in [0.29, 0.717) is 5.82 Å². The summed E-state index contributed by atoms with van der Waals surface area (Å²) in [5.41, 5.74) is 1.09. The van der Waals surface area contributed by atoms with Crippen molar-refractivity contribution in [2.75, 3.05) is 5.32 Å². The van der Waals surface area contributed by atoms with Gasteiger partial charge in [-0.3, -0.25) is 10.1 Å². The normalized spacial score (nSPS) is 11.8. The molecule has 2 aromatic rings. The Labute approximate surface area is 111 Å². The van der Waals surface area contributed by atoms with Crippen molar-refractivity contribution in [2.45, 2.75) is 19.4 Å². The van der Waals surface area contributed by atoms with E-state index in [-0.39, 0.29) is 11.7 Å². The van der Waals surface area contributed by atoms with E-state index in [1.165, 1.54) is 6.07 Å². The lowest BCUT2D eigenvalue weighted by Crippen LogP contribution is -2.12. The largest absolute Gasteiger partial charge is 0.358 e. The SMILES string of the molecule is CCC(Nc1ncccc1[N+](=O)[O-])c1ccccc1. The molecule has 0 aliphatic carbocycles. The second kappa shape index (κ2) is 5.95. The Morgan fingerprint density at radius 2 is 2.00 bits per heavy atom. The number of pyridine rings is 1. The average molecular weight is 257 g/mol. The van der Waals surface area contributed by atoms with E-state index < -0.39 is 4.92 Å². The molecule has 0 aliphatic rings. The number of hydrogen-bond donors (Lipinski definition) is 1. The first kappa shape index (κ1) is 13.0. The number of nitro groups is 1. The van der Waals surface area contributed by atoms with Gasteiger partial charge in [0.25, 0.3) is 0 Å². The van der Waals surface area contributed by atoms with Crippen LogP contribution in [0.2, 0.25) is 0 Å². The molecule has 98 valence electrons. The first-order valence-corrected chi connectivity index (χ1v) is 6.13. The van der Waals surface area contributed by atoms with Crippen molar-refractivity contribution < 1.29 is 4.92 Å². The molecule has 0 saturated carbocycles. The maximum absolute atomic E-state index is 11.0. The molecule has 0 radical (unpaired) electrons. The van der Waals surface area contributed by atoms with Crippen LogP contribution in [0, 0.1) is 10.1 Å². The lowest BCUT2D eigenvalue weighted by atomic mass is 10.0. The van der Waals surface area contributed by atoms with Gasteiger partial charge in [-0.2, -0.15) is 0 Å². The van der Waals surface area contributed by atoms with Gasteiger partial charge in [0, 0.05) is 12.3 Å². The highest BCUT2D eigenvalue weighted by molar-refractivity contribution is 5.56. The molecule has 0 spiro atoms. The van der Waals surface area contributed by atoms with Crippen molar-refractivity contribution in [1.82, 2.24) is 4.98 Å². The summed E-state index contributed by atoms with van der Waals surface area (Å²) in [5, 5.41) is 14.1. The smallest absolute Gasteiger partial charge is 0.311 e. The van der Waals surface area contributed by atoms with Gasteiger partial charge < -0.3 is 5.32 Å². The maximum Gasteiger partial charge on any atom is 0.311 e. The molecule has 0 saturated heterocycles. The molecule has 5 nitrogen and oxygen atoms in total. The van der Waals surface area contributed by atoms with Crippen LogP contribution >= 0.6 is 0 Å². The average Bonchev–Trinajstić information content (AvgIpc) is 2.46. The van der Waals surface area contributed by atoms with Crippen LogP contribution in [0.15, 0.2) is 48.7 Å². The Morgan fingerprint density at radius 3 is 2.63 bits per heavy atom. The van der Waals surface area contributed by atoms with Crippen LogP contribution in [0.1, 0.15) is 24.9 Å². The fraction of sp³-hybridized carbons (Fsp3) is 0.214. The first-order valence-electron chi connectivity index (χ1n) is 6.13. The maximum atomic E-state index is 11.0. The summed E-state index contributed by atoms with van der Waals surface area (Å²) in [7, 11) is 0. The van der Waals surface area contributed by atoms with Crippen LogP contribution in [0.5, 0.6) is 0 Å². The van der Waals surface area contributed by atoms with Crippen molar-refractivity contribution in [1.29, 1.82) is 0 Å². The molecule has 1 unspecified atom stereocenters. The number of aromatic nitrogens is 1. The molecule has 2 rings (SSSR count). The van der Waals surface area contributed by atoms with Gasteiger partial charge >= 0.3 is 5.69 Å². The van der Waals surface area contributed by atoms with Gasteiger partial charge in [-0.1, -0.05) is 37.3 Å². The van der Waals surface area contributed by atoms with Gasteiger partial charge in [0.1, 0.15) is 0 Å². The minimum atomic E-state index is -0.424. The minimum Gasteiger partial charge on any atom is -0.358 e. The van der Waals surface area contributed by atoms with Crippen molar-refractivity contribution in [2.24, 2.45) is 0 Å². The monoisotopic (exact) mass is 257 g/mol. The van der Waals surface area contributed by atoms with Crippen LogP contribution in [0.3, 0.4) is 0 Å². The molecule has 1 aromatic carbocycles. The van der Waals surface area contributed by atoms with Crippen LogP contribution in [0.25, 0.3) is 0 Å². The molecule has 19 heavy (non-hydrogen) atoms. The molecule has 5 heteroatoms. The lowest BCUT2D eigenvalue weighted by molar-refractivity contribution is -0.384. The zero-order valence-corrected chi connectivity index (χ0v) is 10.6. The first-order chi connectivity index (χ1) is 9.22. The third-order valence-corrected chi connectivity index (χ3v) is 2.90. The highest BCUT2D eigenvalue weighted by atomic mass is 16.6. The molecule has 1 aromatic heterocycles. The zero-order valence-electron chi connectivity index (χ0n) is 10.6. The zero-order chi connectivity index (χ0) is 13.7. The quantitative estimate of drug-likeness (QED) is 0.657. The number of hydrogen-bond acceptors (Lipinski definition) is 4. The summed E-state index contributed by atoms with van der Waals surface area (Å²) in [5.74, 6) is 0.309. The fourth-order valence-corrected chi connectivity index (χ4v) is 1.93. The summed E-state index contributed by atoms with van der Waals surface area (Å²) < 4.78 is 0. The lowest BCUT2D eigenvalue weighted by Gasteiger charge is -2.17. The third kappa shape index (κ3) is 3.07. The molecule has 1 heterocycles. The van der Waals surface area contributed by atoms with Gasteiger partial charge in [-0.25, -0.2) is 4.98 Å². The van der Waals surface area contributed by atoms with Crippen LogP contribution < -0.4 is 5.32 Å². The van der Waals surface area contributed by atoms with Crippen molar-refractivity contribution >= 4 is 11.5 Å². The van der Waals surface area contributed by atoms with E-state index in [4.69, 9.17) is 0 Å². The minimum absolute atomic E-state index is 0.00289. The molecule has 1 atom stereocenters. The van der Waals surface area contributed by atoms with E-state index >= 15 is 0 Å². The molecule has 0 amide bonds. The van der Waals surface area contributed by atoms with E-state index in [9.17, 15) is 10.1 Å². The Kier molecular flexibility index (Phi) is 4.07. The summed E-state index contributed by atoms with van der Waals surface area (Å²) in [6.45, 7) is 2.03. The summed E-state index contributed by atoms with van der Waals surface area (Å²) in [4.78, 5) is 14.6. The number of nitrogens with zero attached hydrogens (tertiary/aromatic N) is 2. The molecular formula is C14H15N3O2. The number of benzene rings is 1. The number of anilines is 1. The van der Waals surface area contributed by atoms with E-state index in [0.717, 1.165) is 12.0 Å². The van der Waals surface area contributed by atoms with Crippen molar-refractivity contribution in [3.05, 3.63) is 64.3 Å². The van der Waals surface area contributed by atoms with Gasteiger partial charge in [-0.15, -0.1) is 0 Å². The van der Waals surface area contributed by atoms with Gasteiger partial charge in [-0.05, 0) is 18.1 Å². The summed E-state index contributed by atoms with van der Waals surface area (Å²) >= 11 is 0. The van der Waals surface area contributed by atoms with Crippen molar-refractivity contribution in [3.8, 4) is 0 Å². The Balaban J connectivity index is 2.27. The second-order valence-corrected chi connectivity index (χ2v) is 4.14. The molecule has 1 N–H and O–H groups in total. The number of rotatable bonds is 5. The molecule has 0 aliphatic heterocycles. The van der Waals surface area contributed by atoms with Crippen molar-refractivity contribution in [3.63, 3.8) is 0 Å². The van der Waals surface area contributed by atoms with Crippen LogP contribution in [-0.2, 0) is 0 Å². The van der Waals surface area contributed by atoms with E-state index in [1.54, 1.807) is 12.3 Å². The van der Waals surface area contributed by atoms with Crippen LogP contribution in [-0.4, -0.2) is 9.91 Å². The predicted octanol–water partition coefficient (Wildman–Crippen LogP) is 3.55. The second-order valence-electron chi connectivity index (χ2n) is 4.14. The topological polar surface area (TPSA) is 68.1 Å². The highest BCUT2D eigenvalue weighted by Crippen LogP contribution is 2.27. The van der Waals surface area contributed by atoms with Crippen LogP contribution in [0.4, 0.5) is 11.5 Å². The van der Waals surface area contributed by atoms with E-state index in [2.05, 4.69) is 10.3 Å². The predicted molar refractivity (Wildman–Crippen MR) is 74.0 cm³/mol. The molecular weight excluding hydrogens is 242 g/mol. The summed E-state index contributed by atoms with van der Waals surface area (Å²) in [6.07, 6.45) is 2.37. The Morgan fingerprint density at radius 1 is 1.26 bits per heavy atom. The highest BCUT2D eigenvalue weighted by Gasteiger charge is 2.17. The summed E-state index contributed by atoms with van der Waals surface area (Å²) in [6, 6.07) is 12.9. The number of nitrogens with one attached hydrogen (secondary N) is 1. The Hall–Kier alpha value is -2.43.